The Hall–Kier alpha value is -2.64. The Bertz CT molecular complexity index is 976. The molecule has 7 nitrogen and oxygen atoms in total. The van der Waals surface area contributed by atoms with Gasteiger partial charge in [-0.05, 0) is 49.1 Å². The zero-order valence-electron chi connectivity index (χ0n) is 18.0. The number of hydrogen-bond acceptors (Lipinski definition) is 4. The quantitative estimate of drug-likeness (QED) is 0.666. The number of aromatic nitrogens is 1. The molecule has 1 aliphatic heterocycles. The van der Waals surface area contributed by atoms with Crippen molar-refractivity contribution in [3.8, 4) is 0 Å². The van der Waals surface area contributed by atoms with Gasteiger partial charge < -0.3 is 15.5 Å². The number of hydrogen-bond donors (Lipinski definition) is 2. The zero-order valence-corrected chi connectivity index (χ0v) is 19.5. The van der Waals surface area contributed by atoms with Crippen LogP contribution >= 0.6 is 23.2 Å². The van der Waals surface area contributed by atoms with Crippen LogP contribution < -0.4 is 10.6 Å². The maximum absolute atomic E-state index is 12.9. The summed E-state index contributed by atoms with van der Waals surface area (Å²) >= 11 is 12.0. The number of nitrogens with one attached hydrogen (secondary N) is 2. The van der Waals surface area contributed by atoms with Crippen LogP contribution in [0.5, 0.6) is 0 Å². The molecule has 0 saturated carbocycles. The van der Waals surface area contributed by atoms with Gasteiger partial charge in [0.15, 0.2) is 0 Å². The highest BCUT2D eigenvalue weighted by molar-refractivity contribution is 6.36. The Kier molecular flexibility index (Phi) is 8.10. The molecule has 1 unspecified atom stereocenters. The Morgan fingerprint density at radius 1 is 1.06 bits per heavy atom. The molecule has 0 bridgehead atoms. The average molecular weight is 477 g/mol. The minimum Gasteiger partial charge on any atom is -0.351 e. The lowest BCUT2D eigenvalue weighted by Gasteiger charge is -2.33. The molecule has 1 atom stereocenters. The number of halogens is 2. The summed E-state index contributed by atoms with van der Waals surface area (Å²) in [5, 5.41) is 6.46. The Morgan fingerprint density at radius 2 is 1.72 bits per heavy atom. The molecule has 32 heavy (non-hydrogen) atoms. The molecular weight excluding hydrogens is 451 g/mol. The van der Waals surface area contributed by atoms with E-state index < -0.39 is 11.9 Å². The van der Waals surface area contributed by atoms with E-state index in [9.17, 15) is 14.4 Å². The molecule has 1 fully saturated rings. The maximum Gasteiger partial charge on any atom is 0.253 e. The summed E-state index contributed by atoms with van der Waals surface area (Å²) in [4.78, 5) is 43.9. The first-order valence-electron chi connectivity index (χ1n) is 10.5. The summed E-state index contributed by atoms with van der Waals surface area (Å²) in [6.45, 7) is 4.82. The molecule has 1 saturated heterocycles. The van der Waals surface area contributed by atoms with Gasteiger partial charge in [-0.15, -0.1) is 0 Å². The summed E-state index contributed by atoms with van der Waals surface area (Å²) in [6, 6.07) is 7.20. The lowest BCUT2D eigenvalue weighted by Crippen LogP contribution is -2.54. The number of nitrogens with zero attached hydrogens (tertiary/aromatic N) is 2. The van der Waals surface area contributed by atoms with Crippen molar-refractivity contribution in [3.05, 3.63) is 63.9 Å². The largest absolute Gasteiger partial charge is 0.351 e. The van der Waals surface area contributed by atoms with Crippen LogP contribution in [0.2, 0.25) is 10.0 Å². The van der Waals surface area contributed by atoms with Gasteiger partial charge in [0.05, 0.1) is 10.6 Å². The van der Waals surface area contributed by atoms with Crippen molar-refractivity contribution in [2.45, 2.75) is 38.8 Å². The minimum atomic E-state index is -0.717. The van der Waals surface area contributed by atoms with E-state index in [1.807, 2.05) is 13.8 Å². The third-order valence-electron chi connectivity index (χ3n) is 5.47. The molecule has 0 radical (unpaired) electrons. The average Bonchev–Trinajstić information content (AvgIpc) is 2.77. The second kappa shape index (κ2) is 10.8. The first-order chi connectivity index (χ1) is 15.3. The second-order valence-corrected chi connectivity index (χ2v) is 8.97. The van der Waals surface area contributed by atoms with Crippen molar-refractivity contribution in [2.24, 2.45) is 5.92 Å². The first-order valence-corrected chi connectivity index (χ1v) is 11.3. The van der Waals surface area contributed by atoms with E-state index in [4.69, 9.17) is 23.2 Å². The number of amides is 3. The number of pyridine rings is 1. The van der Waals surface area contributed by atoms with Crippen LogP contribution in [-0.2, 0) is 4.79 Å². The number of benzene rings is 1. The number of carbonyl (C=O) groups excluding carboxylic acids is 3. The van der Waals surface area contributed by atoms with Gasteiger partial charge in [-0.2, -0.15) is 0 Å². The van der Waals surface area contributed by atoms with Crippen LogP contribution in [0.4, 0.5) is 0 Å². The predicted octanol–water partition coefficient (Wildman–Crippen LogP) is 3.56. The Balaban J connectivity index is 1.56. The molecule has 0 spiro atoms. The van der Waals surface area contributed by atoms with Crippen LogP contribution in [-0.4, -0.2) is 52.8 Å². The van der Waals surface area contributed by atoms with Gasteiger partial charge in [0.2, 0.25) is 5.91 Å². The van der Waals surface area contributed by atoms with Gasteiger partial charge in [0.25, 0.3) is 11.8 Å². The van der Waals surface area contributed by atoms with E-state index in [1.165, 1.54) is 12.1 Å². The van der Waals surface area contributed by atoms with Crippen LogP contribution in [0.25, 0.3) is 0 Å². The van der Waals surface area contributed by atoms with Crippen LogP contribution in [0.1, 0.15) is 47.4 Å². The third-order valence-corrected chi connectivity index (χ3v) is 6.02. The van der Waals surface area contributed by atoms with Crippen molar-refractivity contribution in [1.82, 2.24) is 20.5 Å². The summed E-state index contributed by atoms with van der Waals surface area (Å²) < 4.78 is 0. The van der Waals surface area contributed by atoms with E-state index in [1.54, 1.807) is 35.5 Å². The molecule has 2 heterocycles. The Labute approximate surface area is 197 Å². The highest BCUT2D eigenvalue weighted by Gasteiger charge is 2.29. The SMILES string of the molecule is CC(C)C(NC(=O)c1ccc(Cl)cc1Cl)C(=O)NC1CCN(C(=O)c2ccncc2)CC1. The van der Waals surface area contributed by atoms with E-state index in [-0.39, 0.29) is 34.4 Å². The van der Waals surface area contributed by atoms with Crippen molar-refractivity contribution >= 4 is 40.9 Å². The molecule has 170 valence electrons. The third kappa shape index (κ3) is 5.99. The van der Waals surface area contributed by atoms with Crippen molar-refractivity contribution in [1.29, 1.82) is 0 Å². The van der Waals surface area contributed by atoms with Crippen molar-refractivity contribution in [3.63, 3.8) is 0 Å². The summed E-state index contributed by atoms with van der Waals surface area (Å²) in [5.41, 5.74) is 0.864. The van der Waals surface area contributed by atoms with Crippen LogP contribution in [0.3, 0.4) is 0 Å². The molecule has 1 aromatic carbocycles. The smallest absolute Gasteiger partial charge is 0.253 e. The fourth-order valence-electron chi connectivity index (χ4n) is 3.62. The van der Waals surface area contributed by atoms with Crippen molar-refractivity contribution in [2.75, 3.05) is 13.1 Å². The highest BCUT2D eigenvalue weighted by Crippen LogP contribution is 2.21. The fraction of sp³-hybridized carbons (Fsp3) is 0.391. The van der Waals surface area contributed by atoms with Crippen molar-refractivity contribution < 1.29 is 14.4 Å². The summed E-state index contributed by atoms with van der Waals surface area (Å²) in [6.07, 6.45) is 4.48. The maximum atomic E-state index is 12.9. The minimum absolute atomic E-state index is 0.0376. The lowest BCUT2D eigenvalue weighted by atomic mass is 9.99. The van der Waals surface area contributed by atoms with Gasteiger partial charge in [-0.25, -0.2) is 0 Å². The number of likely N-dealkylation sites (tertiary alicyclic amines) is 1. The molecule has 2 aromatic rings. The zero-order chi connectivity index (χ0) is 23.3. The summed E-state index contributed by atoms with van der Waals surface area (Å²) in [5.74, 6) is -0.849. The normalized spacial score (nSPS) is 15.3. The molecule has 1 aliphatic rings. The van der Waals surface area contributed by atoms with E-state index in [2.05, 4.69) is 15.6 Å². The van der Waals surface area contributed by atoms with E-state index in [0.29, 0.717) is 36.5 Å². The van der Waals surface area contributed by atoms with Gasteiger partial charge in [0, 0.05) is 42.1 Å². The van der Waals surface area contributed by atoms with Gasteiger partial charge >= 0.3 is 0 Å². The first kappa shape index (κ1) is 24.0. The molecule has 9 heteroatoms. The van der Waals surface area contributed by atoms with Crippen LogP contribution in [0.15, 0.2) is 42.7 Å². The highest BCUT2D eigenvalue weighted by atomic mass is 35.5. The molecule has 1 aromatic heterocycles. The van der Waals surface area contributed by atoms with Gasteiger partial charge in [-0.1, -0.05) is 37.0 Å². The molecule has 2 N–H and O–H groups in total. The topological polar surface area (TPSA) is 91.4 Å². The molecule has 0 aliphatic carbocycles. The van der Waals surface area contributed by atoms with E-state index >= 15 is 0 Å². The van der Waals surface area contributed by atoms with Crippen LogP contribution in [0, 0.1) is 5.92 Å². The number of rotatable bonds is 6. The number of piperidine rings is 1. The second-order valence-electron chi connectivity index (χ2n) is 8.13. The van der Waals surface area contributed by atoms with Gasteiger partial charge in [0.1, 0.15) is 6.04 Å². The monoisotopic (exact) mass is 476 g/mol. The predicted molar refractivity (Wildman–Crippen MR) is 124 cm³/mol. The standard InChI is InChI=1S/C23H26Cl2N4O3/c1-14(2)20(28-21(30)18-4-3-16(24)13-19(18)25)22(31)27-17-7-11-29(12-8-17)23(32)15-5-9-26-10-6-15/h3-6,9-10,13-14,17,20H,7-8,11-12H2,1-2H3,(H,27,31)(H,28,30). The summed E-state index contributed by atoms with van der Waals surface area (Å²) in [7, 11) is 0. The molecule has 3 amide bonds. The Morgan fingerprint density at radius 3 is 2.31 bits per heavy atom. The molecule has 3 rings (SSSR count). The number of carbonyl (C=O) groups is 3. The molecular formula is C23H26Cl2N4O3. The lowest BCUT2D eigenvalue weighted by molar-refractivity contribution is -0.124. The van der Waals surface area contributed by atoms with E-state index in [0.717, 1.165) is 0 Å². The fourth-order valence-corrected chi connectivity index (χ4v) is 4.12. The van der Waals surface area contributed by atoms with Gasteiger partial charge in [-0.3, -0.25) is 19.4 Å².